The fourth-order valence-electron chi connectivity index (χ4n) is 4.71. The van der Waals surface area contributed by atoms with E-state index >= 15 is 0 Å². The molecule has 0 aliphatic heterocycles. The van der Waals surface area contributed by atoms with Gasteiger partial charge in [-0.3, -0.25) is 4.79 Å². The lowest BCUT2D eigenvalue weighted by Crippen LogP contribution is -2.29. The summed E-state index contributed by atoms with van der Waals surface area (Å²) in [6, 6.07) is 0. The number of carbonyl (C=O) groups is 1. The number of unbranched alkanes of at least 4 members (excludes halogenated alkanes) is 18. The summed E-state index contributed by atoms with van der Waals surface area (Å²) in [7, 11) is 4.05. The van der Waals surface area contributed by atoms with Gasteiger partial charge in [-0.15, -0.1) is 0 Å². The normalized spacial score (nSPS) is 11.6. The van der Waals surface area contributed by atoms with Crippen molar-refractivity contribution in [1.82, 2.24) is 4.90 Å². The van der Waals surface area contributed by atoms with E-state index in [2.05, 4.69) is 18.7 Å². The van der Waals surface area contributed by atoms with Gasteiger partial charge in [-0.1, -0.05) is 129 Å². The Morgan fingerprint density at radius 2 is 0.921 bits per heavy atom. The van der Waals surface area contributed by atoms with Gasteiger partial charge in [-0.2, -0.15) is 0 Å². The van der Waals surface area contributed by atoms with Gasteiger partial charge in [0, 0.05) is 19.6 Å². The zero-order valence-corrected chi connectivity index (χ0v) is 26.2. The predicted molar refractivity (Wildman–Crippen MR) is 163 cm³/mol. The monoisotopic (exact) mass is 542 g/mol. The topological polar surface area (TPSA) is 48.0 Å². The summed E-state index contributed by atoms with van der Waals surface area (Å²) in [6.45, 7) is 7.79. The Hall–Kier alpha value is -0.650. The standard InChI is InChI=1S/C33H67NO4/c1-5-7-9-11-13-15-17-19-21-23-28-36-30-32(38-33(35)26-25-27-34(3)4)31-37-29-24-22-20-18-16-14-12-10-8-6-2/h32H,5-31H2,1-4H3. The van der Waals surface area contributed by atoms with E-state index in [0.717, 1.165) is 39.0 Å². The smallest absolute Gasteiger partial charge is 0.306 e. The first-order chi connectivity index (χ1) is 18.6. The highest BCUT2D eigenvalue weighted by Gasteiger charge is 2.15. The Bertz CT molecular complexity index is 444. The van der Waals surface area contributed by atoms with Crippen molar-refractivity contribution in [3.8, 4) is 0 Å². The average molecular weight is 542 g/mol. The molecule has 0 aromatic rings. The molecule has 0 spiro atoms. The molecule has 0 aromatic carbocycles. The van der Waals surface area contributed by atoms with Crippen molar-refractivity contribution in [2.75, 3.05) is 47.1 Å². The Morgan fingerprint density at radius 3 is 1.29 bits per heavy atom. The van der Waals surface area contributed by atoms with E-state index in [4.69, 9.17) is 14.2 Å². The largest absolute Gasteiger partial charge is 0.457 e. The molecule has 5 heteroatoms. The third-order valence-corrected chi connectivity index (χ3v) is 7.18. The van der Waals surface area contributed by atoms with Gasteiger partial charge in [-0.05, 0) is 39.9 Å². The van der Waals surface area contributed by atoms with E-state index < -0.39 is 0 Å². The van der Waals surface area contributed by atoms with E-state index in [1.54, 1.807) is 0 Å². The summed E-state index contributed by atoms with van der Waals surface area (Å²) in [5.41, 5.74) is 0. The fourth-order valence-corrected chi connectivity index (χ4v) is 4.71. The summed E-state index contributed by atoms with van der Waals surface area (Å²) in [4.78, 5) is 14.4. The number of nitrogens with zero attached hydrogens (tertiary/aromatic N) is 1. The van der Waals surface area contributed by atoms with Crippen LogP contribution >= 0.6 is 0 Å². The lowest BCUT2D eigenvalue weighted by Gasteiger charge is -2.19. The molecule has 0 aliphatic rings. The van der Waals surface area contributed by atoms with Crippen LogP contribution in [0.5, 0.6) is 0 Å². The molecule has 228 valence electrons. The summed E-state index contributed by atoms with van der Waals surface area (Å²) in [5, 5.41) is 0. The van der Waals surface area contributed by atoms with Crippen molar-refractivity contribution < 1.29 is 19.0 Å². The third-order valence-electron chi connectivity index (χ3n) is 7.18. The number of esters is 1. The van der Waals surface area contributed by atoms with Gasteiger partial charge in [0.2, 0.25) is 0 Å². The molecule has 0 aromatic heterocycles. The molecule has 0 saturated heterocycles. The Kier molecular flexibility index (Phi) is 30.4. The van der Waals surface area contributed by atoms with Crippen molar-refractivity contribution in [2.24, 2.45) is 0 Å². The van der Waals surface area contributed by atoms with Crippen LogP contribution in [0.4, 0.5) is 0 Å². The van der Waals surface area contributed by atoms with E-state index in [0.29, 0.717) is 19.6 Å². The zero-order chi connectivity index (χ0) is 27.9. The molecule has 0 bridgehead atoms. The highest BCUT2D eigenvalue weighted by Crippen LogP contribution is 2.12. The SMILES string of the molecule is CCCCCCCCCCCCOCC(COCCCCCCCCCCCC)OC(=O)CCCN(C)C. The molecule has 0 amide bonds. The Balaban J connectivity index is 3.94. The molecule has 38 heavy (non-hydrogen) atoms. The molecule has 0 rings (SSSR count). The second-order valence-electron chi connectivity index (χ2n) is 11.5. The van der Waals surface area contributed by atoms with Crippen LogP contribution < -0.4 is 0 Å². The van der Waals surface area contributed by atoms with E-state index in [9.17, 15) is 4.79 Å². The van der Waals surface area contributed by atoms with E-state index in [-0.39, 0.29) is 12.1 Å². The number of hydrogen-bond donors (Lipinski definition) is 0. The van der Waals surface area contributed by atoms with Gasteiger partial charge in [0.25, 0.3) is 0 Å². The zero-order valence-electron chi connectivity index (χ0n) is 26.2. The Labute approximate surface area is 238 Å². The first kappa shape index (κ1) is 37.4. The van der Waals surface area contributed by atoms with Crippen LogP contribution in [0.1, 0.15) is 155 Å². The van der Waals surface area contributed by atoms with Crippen LogP contribution in [0.3, 0.4) is 0 Å². The van der Waals surface area contributed by atoms with Gasteiger partial charge in [0.05, 0.1) is 13.2 Å². The molecule has 0 aliphatic carbocycles. The van der Waals surface area contributed by atoms with Crippen LogP contribution in [-0.4, -0.2) is 64.0 Å². The minimum absolute atomic E-state index is 0.137. The number of hydrogen-bond acceptors (Lipinski definition) is 5. The maximum atomic E-state index is 12.3. The van der Waals surface area contributed by atoms with Crippen LogP contribution in [0, 0.1) is 0 Å². The highest BCUT2D eigenvalue weighted by atomic mass is 16.6. The molecule has 0 unspecified atom stereocenters. The second-order valence-corrected chi connectivity index (χ2v) is 11.5. The quantitative estimate of drug-likeness (QED) is 0.0647. The van der Waals surface area contributed by atoms with Crippen LogP contribution in [0.25, 0.3) is 0 Å². The molecular weight excluding hydrogens is 474 g/mol. The predicted octanol–water partition coefficient (Wildman–Crippen LogP) is 9.12. The first-order valence-corrected chi connectivity index (χ1v) is 16.6. The third kappa shape index (κ3) is 29.9. The molecule has 0 atom stereocenters. The lowest BCUT2D eigenvalue weighted by molar-refractivity contribution is -0.156. The van der Waals surface area contributed by atoms with Gasteiger partial charge in [0.15, 0.2) is 0 Å². The molecule has 5 nitrogen and oxygen atoms in total. The van der Waals surface area contributed by atoms with E-state index in [1.807, 2.05) is 14.1 Å². The fraction of sp³-hybridized carbons (Fsp3) is 0.970. The van der Waals surface area contributed by atoms with Crippen molar-refractivity contribution in [2.45, 2.75) is 161 Å². The summed E-state index contributed by atoms with van der Waals surface area (Å²) in [6.07, 6.45) is 27.3. The minimum atomic E-state index is -0.298. The Morgan fingerprint density at radius 1 is 0.553 bits per heavy atom. The van der Waals surface area contributed by atoms with Gasteiger partial charge in [-0.25, -0.2) is 0 Å². The van der Waals surface area contributed by atoms with Gasteiger partial charge >= 0.3 is 5.97 Å². The van der Waals surface area contributed by atoms with Crippen molar-refractivity contribution >= 4 is 5.97 Å². The average Bonchev–Trinajstić information content (AvgIpc) is 2.89. The number of ether oxygens (including phenoxy) is 3. The molecule has 0 heterocycles. The lowest BCUT2D eigenvalue weighted by atomic mass is 10.1. The van der Waals surface area contributed by atoms with Gasteiger partial charge in [0.1, 0.15) is 6.10 Å². The maximum Gasteiger partial charge on any atom is 0.306 e. The van der Waals surface area contributed by atoms with Crippen LogP contribution in [0.15, 0.2) is 0 Å². The van der Waals surface area contributed by atoms with Gasteiger partial charge < -0.3 is 19.1 Å². The number of carbonyl (C=O) groups excluding carboxylic acids is 1. The summed E-state index contributed by atoms with van der Waals surface area (Å²) >= 11 is 0. The molecule has 0 saturated carbocycles. The second kappa shape index (κ2) is 30.9. The van der Waals surface area contributed by atoms with Crippen LogP contribution in [0.2, 0.25) is 0 Å². The van der Waals surface area contributed by atoms with Crippen LogP contribution in [-0.2, 0) is 19.0 Å². The molecular formula is C33H67NO4. The highest BCUT2D eigenvalue weighted by molar-refractivity contribution is 5.69. The van der Waals surface area contributed by atoms with E-state index in [1.165, 1.54) is 116 Å². The molecule has 0 fully saturated rings. The first-order valence-electron chi connectivity index (χ1n) is 16.6. The van der Waals surface area contributed by atoms with Crippen molar-refractivity contribution in [1.29, 1.82) is 0 Å². The van der Waals surface area contributed by atoms with Crippen molar-refractivity contribution in [3.05, 3.63) is 0 Å². The molecule has 0 N–H and O–H groups in total. The minimum Gasteiger partial charge on any atom is -0.457 e. The number of rotatable bonds is 31. The molecule has 0 radical (unpaired) electrons. The maximum absolute atomic E-state index is 12.3. The summed E-state index contributed by atoms with van der Waals surface area (Å²) < 4.78 is 17.5. The summed E-state index contributed by atoms with van der Waals surface area (Å²) in [5.74, 6) is -0.137. The van der Waals surface area contributed by atoms with Crippen molar-refractivity contribution in [3.63, 3.8) is 0 Å².